The van der Waals surface area contributed by atoms with E-state index in [1.165, 1.54) is 42.5 Å². The molecular weight excluding hydrogens is 401 g/mol. The molecule has 0 atom stereocenters. The largest absolute Gasteiger partial charge is 0.457 e. The van der Waals surface area contributed by atoms with Crippen LogP contribution < -0.4 is 0 Å². The standard InChI is InChI=1S/C21H11F3N2O4/c22-21(23,24)16-5-1-3-13(9-16)19-8-7-18(30-19)11-15(12-25)20(27)14-4-2-6-17(10-14)26(28)29/h1-11H/b15-11+. The summed E-state index contributed by atoms with van der Waals surface area (Å²) in [7, 11) is 0. The van der Waals surface area contributed by atoms with Crippen LogP contribution in [0, 0.1) is 21.4 Å². The van der Waals surface area contributed by atoms with Gasteiger partial charge in [-0.25, -0.2) is 0 Å². The van der Waals surface area contributed by atoms with Crippen LogP contribution in [-0.4, -0.2) is 10.7 Å². The SMILES string of the molecule is N#C/C(=C\c1ccc(-c2cccc(C(F)(F)F)c2)o1)C(=O)c1cccc([N+](=O)[O-])c1. The van der Waals surface area contributed by atoms with Crippen molar-refractivity contribution in [1.29, 1.82) is 5.26 Å². The van der Waals surface area contributed by atoms with Crippen LogP contribution in [0.1, 0.15) is 21.7 Å². The third-order valence-corrected chi connectivity index (χ3v) is 4.07. The van der Waals surface area contributed by atoms with Crippen LogP contribution in [0.4, 0.5) is 18.9 Å². The molecule has 0 unspecified atom stereocenters. The van der Waals surface area contributed by atoms with Crippen LogP contribution in [0.5, 0.6) is 0 Å². The monoisotopic (exact) mass is 412 g/mol. The van der Waals surface area contributed by atoms with Gasteiger partial charge in [-0.1, -0.05) is 24.3 Å². The van der Waals surface area contributed by atoms with E-state index in [4.69, 9.17) is 4.42 Å². The highest BCUT2D eigenvalue weighted by molar-refractivity contribution is 6.14. The van der Waals surface area contributed by atoms with E-state index in [2.05, 4.69) is 0 Å². The van der Waals surface area contributed by atoms with Crippen molar-refractivity contribution in [3.8, 4) is 17.4 Å². The molecule has 150 valence electrons. The number of halogens is 3. The van der Waals surface area contributed by atoms with Crippen LogP contribution in [0.25, 0.3) is 17.4 Å². The zero-order valence-electron chi connectivity index (χ0n) is 15.0. The fourth-order valence-corrected chi connectivity index (χ4v) is 2.64. The zero-order chi connectivity index (χ0) is 21.9. The maximum Gasteiger partial charge on any atom is 0.416 e. The number of nitro groups is 1. The Morgan fingerprint density at radius 1 is 1.10 bits per heavy atom. The molecule has 0 saturated heterocycles. The lowest BCUT2D eigenvalue weighted by Gasteiger charge is -2.07. The number of non-ortho nitro benzene ring substituents is 1. The van der Waals surface area contributed by atoms with Gasteiger partial charge in [-0.15, -0.1) is 0 Å². The van der Waals surface area contributed by atoms with Crippen molar-refractivity contribution in [3.05, 3.63) is 93.2 Å². The van der Waals surface area contributed by atoms with Gasteiger partial charge in [0.25, 0.3) is 5.69 Å². The summed E-state index contributed by atoms with van der Waals surface area (Å²) in [6.45, 7) is 0. The second kappa shape index (κ2) is 8.05. The number of nitro benzene ring substituents is 1. The summed E-state index contributed by atoms with van der Waals surface area (Å²) in [4.78, 5) is 22.7. The maximum absolute atomic E-state index is 12.9. The second-order valence-corrected chi connectivity index (χ2v) is 6.09. The Labute approximate surface area is 167 Å². The number of carbonyl (C=O) groups excluding carboxylic acids is 1. The van der Waals surface area contributed by atoms with Crippen LogP contribution in [0.3, 0.4) is 0 Å². The zero-order valence-corrected chi connectivity index (χ0v) is 15.0. The molecule has 3 aromatic rings. The number of carbonyl (C=O) groups is 1. The van der Waals surface area contributed by atoms with Gasteiger partial charge in [0.1, 0.15) is 23.2 Å². The number of rotatable bonds is 5. The topological polar surface area (TPSA) is 97.1 Å². The molecule has 0 bridgehead atoms. The van der Waals surface area contributed by atoms with Gasteiger partial charge in [0.15, 0.2) is 0 Å². The number of furan rings is 1. The molecule has 2 aromatic carbocycles. The van der Waals surface area contributed by atoms with E-state index in [0.717, 1.165) is 24.3 Å². The summed E-state index contributed by atoms with van der Waals surface area (Å²) < 4.78 is 44.1. The summed E-state index contributed by atoms with van der Waals surface area (Å²) in [5, 5.41) is 20.2. The summed E-state index contributed by atoms with van der Waals surface area (Å²) in [6.07, 6.45) is -3.39. The van der Waals surface area contributed by atoms with Crippen molar-refractivity contribution in [2.24, 2.45) is 0 Å². The lowest BCUT2D eigenvalue weighted by molar-refractivity contribution is -0.384. The highest BCUT2D eigenvalue weighted by Gasteiger charge is 2.30. The molecule has 1 aromatic heterocycles. The van der Waals surface area contributed by atoms with Crippen molar-refractivity contribution in [2.45, 2.75) is 6.18 Å². The Kier molecular flexibility index (Phi) is 5.51. The van der Waals surface area contributed by atoms with E-state index in [9.17, 15) is 33.3 Å². The van der Waals surface area contributed by atoms with E-state index < -0.39 is 22.4 Å². The van der Waals surface area contributed by atoms with Crippen LogP contribution in [-0.2, 0) is 6.18 Å². The molecule has 9 heteroatoms. The molecule has 0 aliphatic heterocycles. The molecule has 3 rings (SSSR count). The Bertz CT molecular complexity index is 1200. The molecule has 30 heavy (non-hydrogen) atoms. The van der Waals surface area contributed by atoms with Gasteiger partial charge in [0, 0.05) is 29.3 Å². The first-order valence-electron chi connectivity index (χ1n) is 8.37. The summed E-state index contributed by atoms with van der Waals surface area (Å²) in [5.41, 5.74) is -1.37. The van der Waals surface area contributed by atoms with Gasteiger partial charge in [-0.05, 0) is 24.3 Å². The van der Waals surface area contributed by atoms with Crippen LogP contribution in [0.15, 0.2) is 70.7 Å². The first kappa shape index (κ1) is 20.5. The molecule has 6 nitrogen and oxygen atoms in total. The van der Waals surface area contributed by atoms with E-state index in [0.29, 0.717) is 0 Å². The number of hydrogen-bond donors (Lipinski definition) is 0. The fraction of sp³-hybridized carbons (Fsp3) is 0.0476. The highest BCUT2D eigenvalue weighted by atomic mass is 19.4. The lowest BCUT2D eigenvalue weighted by atomic mass is 10.0. The minimum atomic E-state index is -4.51. The van der Waals surface area contributed by atoms with E-state index in [-0.39, 0.29) is 33.9 Å². The van der Waals surface area contributed by atoms with Gasteiger partial charge in [0.05, 0.1) is 10.5 Å². The quantitative estimate of drug-likeness (QED) is 0.177. The van der Waals surface area contributed by atoms with Crippen LogP contribution in [0.2, 0.25) is 0 Å². The summed E-state index contributed by atoms with van der Waals surface area (Å²) >= 11 is 0. The Balaban J connectivity index is 1.91. The summed E-state index contributed by atoms with van der Waals surface area (Å²) in [5.74, 6) is -0.566. The van der Waals surface area contributed by atoms with Gasteiger partial charge >= 0.3 is 6.18 Å². The minimum absolute atomic E-state index is 0.0540. The second-order valence-electron chi connectivity index (χ2n) is 6.09. The Morgan fingerprint density at radius 3 is 2.50 bits per heavy atom. The molecule has 0 aliphatic rings. The normalized spacial score (nSPS) is 11.7. The van der Waals surface area contributed by atoms with Crippen molar-refractivity contribution < 1.29 is 27.3 Å². The average Bonchev–Trinajstić information content (AvgIpc) is 3.20. The van der Waals surface area contributed by atoms with Gasteiger partial charge in [-0.2, -0.15) is 18.4 Å². The van der Waals surface area contributed by atoms with Gasteiger partial charge in [-0.3, -0.25) is 14.9 Å². The maximum atomic E-state index is 12.9. The van der Waals surface area contributed by atoms with Crippen molar-refractivity contribution in [3.63, 3.8) is 0 Å². The van der Waals surface area contributed by atoms with E-state index in [1.807, 2.05) is 0 Å². The fourth-order valence-electron chi connectivity index (χ4n) is 2.64. The molecule has 0 amide bonds. The molecule has 0 radical (unpaired) electrons. The summed E-state index contributed by atoms with van der Waals surface area (Å²) in [6, 6.07) is 13.9. The highest BCUT2D eigenvalue weighted by Crippen LogP contribution is 2.33. The number of allylic oxidation sites excluding steroid dienone is 1. The number of ketones is 1. The Morgan fingerprint density at radius 2 is 1.83 bits per heavy atom. The molecule has 0 spiro atoms. The number of Topliss-reactive ketones (excluding diaryl/α,β-unsaturated/α-hetero) is 1. The van der Waals surface area contributed by atoms with Crippen LogP contribution >= 0.6 is 0 Å². The molecule has 0 N–H and O–H groups in total. The first-order valence-corrected chi connectivity index (χ1v) is 8.37. The number of nitrogens with zero attached hydrogens (tertiary/aromatic N) is 2. The molecule has 0 fully saturated rings. The molecular formula is C21H11F3N2O4. The Hall–Kier alpha value is -4.19. The molecule has 0 saturated carbocycles. The number of nitriles is 1. The third-order valence-electron chi connectivity index (χ3n) is 4.07. The molecule has 1 heterocycles. The first-order chi connectivity index (χ1) is 14.2. The predicted molar refractivity (Wildman–Crippen MR) is 100 cm³/mol. The van der Waals surface area contributed by atoms with Crippen molar-refractivity contribution in [2.75, 3.05) is 0 Å². The number of hydrogen-bond acceptors (Lipinski definition) is 5. The lowest BCUT2D eigenvalue weighted by Crippen LogP contribution is -2.04. The van der Waals surface area contributed by atoms with E-state index in [1.54, 1.807) is 6.07 Å². The van der Waals surface area contributed by atoms with Gasteiger partial charge in [0.2, 0.25) is 5.78 Å². The molecule has 0 aliphatic carbocycles. The smallest absolute Gasteiger partial charge is 0.416 e. The van der Waals surface area contributed by atoms with Crippen molar-refractivity contribution >= 4 is 17.5 Å². The van der Waals surface area contributed by atoms with Gasteiger partial charge < -0.3 is 4.42 Å². The minimum Gasteiger partial charge on any atom is -0.457 e. The average molecular weight is 412 g/mol. The number of alkyl halides is 3. The third kappa shape index (κ3) is 4.44. The predicted octanol–water partition coefficient (Wildman–Crippen LogP) is 5.66. The van der Waals surface area contributed by atoms with E-state index >= 15 is 0 Å². The van der Waals surface area contributed by atoms with Crippen molar-refractivity contribution in [1.82, 2.24) is 0 Å². The number of benzene rings is 2.